The molecule has 0 heterocycles. The molecule has 2 amide bonds. The molecule has 2 rings (SSSR count). The Labute approximate surface area is 212 Å². The summed E-state index contributed by atoms with van der Waals surface area (Å²) in [4.78, 5) is 27.9. The standard InChI is InChI=1S/C27H37BrN2O4/c1-7-33-23-15-11-20(17-24(23)34-8-2)12-16-25(31)30(18-21-9-13-22(28)14-10-21)19(3)26(32)29-27(4,5)6/h9-11,13-15,17,19H,7-8,12,16,18H2,1-6H3,(H,29,32). The Morgan fingerprint density at radius 2 is 1.56 bits per heavy atom. The molecule has 0 aliphatic heterocycles. The van der Waals surface area contributed by atoms with Crippen LogP contribution in [-0.4, -0.2) is 41.5 Å². The van der Waals surface area contributed by atoms with Crippen LogP contribution in [0.2, 0.25) is 0 Å². The molecule has 7 heteroatoms. The Bertz CT molecular complexity index is 954. The maximum atomic E-state index is 13.4. The van der Waals surface area contributed by atoms with Crippen LogP contribution in [0.4, 0.5) is 0 Å². The molecule has 0 spiro atoms. The lowest BCUT2D eigenvalue weighted by molar-refractivity contribution is -0.141. The molecule has 0 bridgehead atoms. The van der Waals surface area contributed by atoms with Gasteiger partial charge in [0.1, 0.15) is 6.04 Å². The third-order valence-corrected chi connectivity index (χ3v) is 5.70. The summed E-state index contributed by atoms with van der Waals surface area (Å²) in [6, 6.07) is 13.0. The Kier molecular flexibility index (Phi) is 10.4. The fraction of sp³-hybridized carbons (Fsp3) is 0.481. The molecule has 6 nitrogen and oxygen atoms in total. The average molecular weight is 534 g/mol. The summed E-state index contributed by atoms with van der Waals surface area (Å²) in [5.41, 5.74) is 1.57. The summed E-state index contributed by atoms with van der Waals surface area (Å²) >= 11 is 3.44. The van der Waals surface area contributed by atoms with Crippen LogP contribution in [0.1, 0.15) is 59.1 Å². The van der Waals surface area contributed by atoms with Crippen molar-refractivity contribution in [2.45, 2.75) is 72.5 Å². The van der Waals surface area contributed by atoms with Crippen molar-refractivity contribution >= 4 is 27.7 Å². The second-order valence-electron chi connectivity index (χ2n) is 9.21. The Morgan fingerprint density at radius 1 is 0.971 bits per heavy atom. The van der Waals surface area contributed by atoms with Gasteiger partial charge in [-0.1, -0.05) is 34.1 Å². The minimum absolute atomic E-state index is 0.0775. The number of nitrogens with one attached hydrogen (secondary N) is 1. The SMILES string of the molecule is CCOc1ccc(CCC(=O)N(Cc2ccc(Br)cc2)C(C)C(=O)NC(C)(C)C)cc1OCC. The van der Waals surface area contributed by atoms with Crippen LogP contribution in [0.25, 0.3) is 0 Å². The highest BCUT2D eigenvalue weighted by molar-refractivity contribution is 9.10. The molecular weight excluding hydrogens is 496 g/mol. The summed E-state index contributed by atoms with van der Waals surface area (Å²) in [6.07, 6.45) is 0.818. The molecule has 1 N–H and O–H groups in total. The van der Waals surface area contributed by atoms with Gasteiger partial charge in [0.25, 0.3) is 0 Å². The summed E-state index contributed by atoms with van der Waals surface area (Å²) in [5.74, 6) is 1.13. The van der Waals surface area contributed by atoms with Gasteiger partial charge in [0.05, 0.1) is 13.2 Å². The van der Waals surface area contributed by atoms with Crippen LogP contribution >= 0.6 is 15.9 Å². The third kappa shape index (κ3) is 8.67. The van der Waals surface area contributed by atoms with Gasteiger partial charge >= 0.3 is 0 Å². The first-order valence-corrected chi connectivity index (χ1v) is 12.6. The minimum atomic E-state index is -0.602. The normalized spacial score (nSPS) is 12.1. The largest absolute Gasteiger partial charge is 0.490 e. The van der Waals surface area contributed by atoms with Crippen LogP contribution < -0.4 is 14.8 Å². The zero-order valence-corrected chi connectivity index (χ0v) is 22.7. The molecule has 34 heavy (non-hydrogen) atoms. The molecule has 1 atom stereocenters. The van der Waals surface area contributed by atoms with E-state index in [1.165, 1.54) is 0 Å². The van der Waals surface area contributed by atoms with E-state index in [0.717, 1.165) is 15.6 Å². The van der Waals surface area contributed by atoms with E-state index in [2.05, 4.69) is 21.2 Å². The highest BCUT2D eigenvalue weighted by Gasteiger charge is 2.28. The molecule has 0 radical (unpaired) electrons. The first kappa shape index (κ1) is 27.7. The van der Waals surface area contributed by atoms with E-state index in [1.54, 1.807) is 11.8 Å². The molecule has 2 aromatic carbocycles. The lowest BCUT2D eigenvalue weighted by Crippen LogP contribution is -2.52. The molecule has 0 saturated carbocycles. The maximum absolute atomic E-state index is 13.4. The van der Waals surface area contributed by atoms with E-state index in [1.807, 2.05) is 77.1 Å². The number of hydrogen-bond donors (Lipinski definition) is 1. The van der Waals surface area contributed by atoms with Gasteiger partial charge < -0.3 is 19.7 Å². The molecular formula is C27H37BrN2O4. The predicted octanol–water partition coefficient (Wildman–Crippen LogP) is 5.51. The summed E-state index contributed by atoms with van der Waals surface area (Å²) < 4.78 is 12.3. The number of rotatable bonds is 11. The number of carbonyl (C=O) groups is 2. The summed E-state index contributed by atoms with van der Waals surface area (Å²) in [7, 11) is 0. The number of carbonyl (C=O) groups excluding carboxylic acids is 2. The Morgan fingerprint density at radius 3 is 2.15 bits per heavy atom. The third-order valence-electron chi connectivity index (χ3n) is 5.17. The number of ether oxygens (including phenoxy) is 2. The molecule has 2 aromatic rings. The van der Waals surface area contributed by atoms with Gasteiger partial charge in [-0.2, -0.15) is 0 Å². The number of hydrogen-bond acceptors (Lipinski definition) is 4. The van der Waals surface area contributed by atoms with Crippen molar-refractivity contribution in [2.24, 2.45) is 0 Å². The van der Waals surface area contributed by atoms with Gasteiger partial charge in [-0.15, -0.1) is 0 Å². The van der Waals surface area contributed by atoms with E-state index >= 15 is 0 Å². The van der Waals surface area contributed by atoms with Crippen LogP contribution in [-0.2, 0) is 22.6 Å². The fourth-order valence-electron chi connectivity index (χ4n) is 3.49. The van der Waals surface area contributed by atoms with Crippen LogP contribution in [0, 0.1) is 0 Å². The van der Waals surface area contributed by atoms with Crippen molar-refractivity contribution in [2.75, 3.05) is 13.2 Å². The van der Waals surface area contributed by atoms with Crippen LogP contribution in [0.15, 0.2) is 46.9 Å². The highest BCUT2D eigenvalue weighted by atomic mass is 79.9. The van der Waals surface area contributed by atoms with Crippen molar-refractivity contribution in [1.82, 2.24) is 10.2 Å². The molecule has 1 unspecified atom stereocenters. The van der Waals surface area contributed by atoms with Crippen molar-refractivity contribution in [1.29, 1.82) is 0 Å². The van der Waals surface area contributed by atoms with Crippen molar-refractivity contribution in [3.8, 4) is 11.5 Å². The smallest absolute Gasteiger partial charge is 0.242 e. The number of halogens is 1. The summed E-state index contributed by atoms with van der Waals surface area (Å²) in [5, 5.41) is 2.99. The lowest BCUT2D eigenvalue weighted by atomic mass is 10.1. The van der Waals surface area contributed by atoms with Gasteiger partial charge in [-0.25, -0.2) is 0 Å². The van der Waals surface area contributed by atoms with E-state index in [-0.39, 0.29) is 23.8 Å². The highest BCUT2D eigenvalue weighted by Crippen LogP contribution is 2.29. The van der Waals surface area contributed by atoms with E-state index in [0.29, 0.717) is 37.7 Å². The predicted molar refractivity (Wildman–Crippen MR) is 139 cm³/mol. The molecule has 0 fully saturated rings. The number of benzene rings is 2. The topological polar surface area (TPSA) is 67.9 Å². The fourth-order valence-corrected chi connectivity index (χ4v) is 3.75. The van der Waals surface area contributed by atoms with Gasteiger partial charge in [0, 0.05) is 23.0 Å². The van der Waals surface area contributed by atoms with Gasteiger partial charge in [-0.3, -0.25) is 9.59 Å². The monoisotopic (exact) mass is 532 g/mol. The Balaban J connectivity index is 2.19. The van der Waals surface area contributed by atoms with E-state index in [9.17, 15) is 9.59 Å². The zero-order valence-electron chi connectivity index (χ0n) is 21.1. The number of nitrogens with zero attached hydrogens (tertiary/aromatic N) is 1. The zero-order chi connectivity index (χ0) is 25.3. The van der Waals surface area contributed by atoms with E-state index in [4.69, 9.17) is 9.47 Å². The van der Waals surface area contributed by atoms with Gasteiger partial charge in [-0.05, 0) is 83.4 Å². The molecule has 0 saturated heterocycles. The number of amides is 2. The van der Waals surface area contributed by atoms with Crippen LogP contribution in [0.3, 0.4) is 0 Å². The summed E-state index contributed by atoms with van der Waals surface area (Å²) in [6.45, 7) is 12.9. The molecule has 0 aliphatic rings. The molecule has 186 valence electrons. The van der Waals surface area contributed by atoms with Gasteiger partial charge in [0.15, 0.2) is 11.5 Å². The lowest BCUT2D eigenvalue weighted by Gasteiger charge is -2.31. The van der Waals surface area contributed by atoms with Crippen molar-refractivity contribution in [3.05, 3.63) is 58.1 Å². The number of aryl methyl sites for hydroxylation is 1. The quantitative estimate of drug-likeness (QED) is 0.414. The van der Waals surface area contributed by atoms with Crippen molar-refractivity contribution < 1.29 is 19.1 Å². The first-order valence-electron chi connectivity index (χ1n) is 11.8. The molecule has 0 aromatic heterocycles. The van der Waals surface area contributed by atoms with Gasteiger partial charge in [0.2, 0.25) is 11.8 Å². The maximum Gasteiger partial charge on any atom is 0.242 e. The first-order chi connectivity index (χ1) is 16.0. The molecule has 0 aliphatic carbocycles. The van der Waals surface area contributed by atoms with Crippen LogP contribution in [0.5, 0.6) is 11.5 Å². The average Bonchev–Trinajstić information content (AvgIpc) is 2.77. The van der Waals surface area contributed by atoms with Crippen molar-refractivity contribution in [3.63, 3.8) is 0 Å². The second kappa shape index (κ2) is 12.8. The Hall–Kier alpha value is -2.54. The van der Waals surface area contributed by atoms with E-state index < -0.39 is 6.04 Å². The minimum Gasteiger partial charge on any atom is -0.490 e. The second-order valence-corrected chi connectivity index (χ2v) is 10.1.